The summed E-state index contributed by atoms with van der Waals surface area (Å²) in [6.07, 6.45) is -2.42. The predicted molar refractivity (Wildman–Crippen MR) is 59.0 cm³/mol. The molecule has 1 aliphatic heterocycles. The normalized spacial score (nSPS) is 25.1. The van der Waals surface area contributed by atoms with Crippen molar-refractivity contribution < 1.29 is 22.3 Å². The maximum atomic E-state index is 12.0. The topological polar surface area (TPSA) is 69.6 Å². The van der Waals surface area contributed by atoms with Crippen LogP contribution in [0, 0.1) is 0 Å². The van der Waals surface area contributed by atoms with Crippen LogP contribution in [0.25, 0.3) is 0 Å². The molecule has 0 aromatic carbocycles. The van der Waals surface area contributed by atoms with E-state index >= 15 is 0 Å². The monoisotopic (exact) mass is 272 g/mol. The first-order chi connectivity index (χ1) is 7.84. The lowest BCUT2D eigenvalue weighted by Gasteiger charge is -2.32. The number of rotatable bonds is 5. The van der Waals surface area contributed by atoms with Crippen LogP contribution in [0.2, 0.25) is 0 Å². The molecule has 0 radical (unpaired) electrons. The molecular weight excluding hydrogens is 254 g/mol. The molecule has 1 rings (SSSR count). The molecule has 1 fully saturated rings. The van der Waals surface area contributed by atoms with Crippen LogP contribution >= 0.6 is 0 Å². The van der Waals surface area contributed by atoms with Crippen LogP contribution in [0.5, 0.6) is 0 Å². The van der Waals surface area contributed by atoms with Crippen molar-refractivity contribution in [3.05, 3.63) is 0 Å². The first kappa shape index (κ1) is 14.7. The van der Waals surface area contributed by atoms with E-state index in [1.165, 1.54) is 4.31 Å². The Morgan fingerprint density at radius 3 is 2.65 bits per heavy atom. The van der Waals surface area contributed by atoms with E-state index in [-0.39, 0.29) is 6.04 Å². The Balaban J connectivity index is 2.55. The number of hydrogen-bond donors (Lipinski definition) is 2. The average Bonchev–Trinajstić information content (AvgIpc) is 2.26. The van der Waals surface area contributed by atoms with E-state index in [1.54, 1.807) is 6.92 Å². The van der Waals surface area contributed by atoms with E-state index in [0.29, 0.717) is 6.54 Å². The number of nitrogens with zero attached hydrogens (tertiary/aromatic N) is 1. The van der Waals surface area contributed by atoms with Gasteiger partial charge in [0.25, 0.3) is 16.6 Å². The third-order valence-electron chi connectivity index (χ3n) is 2.82. The molecule has 0 aromatic rings. The first-order valence-corrected chi connectivity index (χ1v) is 7.01. The molecule has 0 spiro atoms. The van der Waals surface area contributed by atoms with Gasteiger partial charge in [-0.15, -0.1) is 0 Å². The molecule has 17 heavy (non-hydrogen) atoms. The minimum Gasteiger partial charge on any atom is -0.386 e. The highest BCUT2D eigenvalue weighted by Gasteiger charge is 2.30. The second-order valence-corrected chi connectivity index (χ2v) is 5.92. The zero-order valence-electron chi connectivity index (χ0n) is 9.64. The molecule has 0 bridgehead atoms. The van der Waals surface area contributed by atoms with E-state index < -0.39 is 29.3 Å². The Labute approximate surface area is 100.0 Å². The van der Waals surface area contributed by atoms with Crippen LogP contribution < -0.4 is 4.72 Å². The molecule has 1 aliphatic rings. The van der Waals surface area contributed by atoms with Gasteiger partial charge in [0.05, 0.1) is 0 Å². The number of hydrogen-bond acceptors (Lipinski definition) is 3. The summed E-state index contributed by atoms with van der Waals surface area (Å²) in [5.74, 6) is 0. The molecule has 0 aromatic heterocycles. The van der Waals surface area contributed by atoms with Crippen molar-refractivity contribution in [3.8, 4) is 0 Å². The number of aliphatic hydroxyl groups excluding tert-OH is 1. The number of alkyl halides is 2. The molecule has 0 aliphatic carbocycles. The predicted octanol–water partition coefficient (Wildman–Crippen LogP) is 0.321. The Kier molecular flexibility index (Phi) is 5.23. The number of piperidine rings is 1. The van der Waals surface area contributed by atoms with Crippen molar-refractivity contribution in [2.45, 2.75) is 44.8 Å². The van der Waals surface area contributed by atoms with Crippen molar-refractivity contribution in [1.29, 1.82) is 0 Å². The van der Waals surface area contributed by atoms with Crippen molar-refractivity contribution in [3.63, 3.8) is 0 Å². The van der Waals surface area contributed by atoms with Gasteiger partial charge in [0.15, 0.2) is 0 Å². The minimum atomic E-state index is -3.77. The van der Waals surface area contributed by atoms with Crippen molar-refractivity contribution in [2.75, 3.05) is 13.1 Å². The summed E-state index contributed by atoms with van der Waals surface area (Å²) in [6.45, 7) is 1.51. The van der Waals surface area contributed by atoms with Crippen LogP contribution in [-0.4, -0.2) is 49.5 Å². The summed E-state index contributed by atoms with van der Waals surface area (Å²) >= 11 is 0. The van der Waals surface area contributed by atoms with Crippen LogP contribution in [0.15, 0.2) is 0 Å². The molecule has 1 heterocycles. The Morgan fingerprint density at radius 1 is 1.47 bits per heavy atom. The van der Waals surface area contributed by atoms with Gasteiger partial charge in [-0.05, 0) is 19.8 Å². The molecule has 102 valence electrons. The maximum absolute atomic E-state index is 12.0. The third-order valence-corrected chi connectivity index (χ3v) is 4.51. The summed E-state index contributed by atoms with van der Waals surface area (Å²) in [6, 6.07) is -0.134. The van der Waals surface area contributed by atoms with Gasteiger partial charge < -0.3 is 5.11 Å². The Hall–Kier alpha value is -0.310. The number of nitrogens with one attached hydrogen (secondary N) is 1. The fraction of sp³-hybridized carbons (Fsp3) is 1.00. The highest BCUT2D eigenvalue weighted by atomic mass is 32.2. The largest absolute Gasteiger partial charge is 0.386 e. The highest BCUT2D eigenvalue weighted by Crippen LogP contribution is 2.19. The van der Waals surface area contributed by atoms with Gasteiger partial charge in [-0.2, -0.15) is 17.4 Å². The van der Waals surface area contributed by atoms with Crippen LogP contribution in [0.1, 0.15) is 26.2 Å². The van der Waals surface area contributed by atoms with Gasteiger partial charge in [-0.25, -0.2) is 8.78 Å². The molecule has 0 saturated carbocycles. The van der Waals surface area contributed by atoms with Crippen molar-refractivity contribution in [1.82, 2.24) is 9.03 Å². The summed E-state index contributed by atoms with van der Waals surface area (Å²) < 4.78 is 50.9. The first-order valence-electron chi connectivity index (χ1n) is 5.57. The van der Waals surface area contributed by atoms with Gasteiger partial charge >= 0.3 is 0 Å². The van der Waals surface area contributed by atoms with Gasteiger partial charge in [-0.3, -0.25) is 0 Å². The summed E-state index contributed by atoms with van der Waals surface area (Å²) in [4.78, 5) is 0. The lowest BCUT2D eigenvalue weighted by molar-refractivity contribution is -0.000698. The fourth-order valence-corrected chi connectivity index (χ4v) is 3.29. The summed E-state index contributed by atoms with van der Waals surface area (Å²) in [7, 11) is -3.77. The Morgan fingerprint density at radius 2 is 2.12 bits per heavy atom. The third kappa shape index (κ3) is 4.13. The van der Waals surface area contributed by atoms with Gasteiger partial charge in [0.1, 0.15) is 6.10 Å². The van der Waals surface area contributed by atoms with E-state index in [0.717, 1.165) is 19.3 Å². The SMILES string of the molecule is CC1CCCCN1S(=O)(=O)NCC(O)C(F)F. The standard InChI is InChI=1S/C9H18F2N2O3S/c1-7-4-2-3-5-13(7)17(15,16)12-6-8(14)9(10)11/h7-9,12,14H,2-6H2,1H3. The fourth-order valence-electron chi connectivity index (χ4n) is 1.79. The van der Waals surface area contributed by atoms with E-state index in [9.17, 15) is 17.2 Å². The average molecular weight is 272 g/mol. The van der Waals surface area contributed by atoms with Crippen molar-refractivity contribution in [2.24, 2.45) is 0 Å². The molecule has 0 amide bonds. The van der Waals surface area contributed by atoms with E-state index in [2.05, 4.69) is 0 Å². The van der Waals surface area contributed by atoms with Gasteiger partial charge in [0, 0.05) is 19.1 Å². The van der Waals surface area contributed by atoms with Crippen LogP contribution in [0.3, 0.4) is 0 Å². The maximum Gasteiger partial charge on any atom is 0.279 e. The molecule has 1 saturated heterocycles. The van der Waals surface area contributed by atoms with E-state index in [1.807, 2.05) is 4.72 Å². The van der Waals surface area contributed by atoms with Gasteiger partial charge in [-0.1, -0.05) is 6.42 Å². The van der Waals surface area contributed by atoms with E-state index in [4.69, 9.17) is 5.11 Å². The number of aliphatic hydroxyl groups is 1. The quantitative estimate of drug-likeness (QED) is 0.757. The second kappa shape index (κ2) is 6.03. The molecular formula is C9H18F2N2O3S. The Bertz CT molecular complexity index is 337. The lowest BCUT2D eigenvalue weighted by Crippen LogP contribution is -2.49. The molecule has 2 N–H and O–H groups in total. The summed E-state index contributed by atoms with van der Waals surface area (Å²) in [5, 5.41) is 8.86. The number of halogens is 2. The molecule has 2 atom stereocenters. The van der Waals surface area contributed by atoms with Crippen LogP contribution in [0.4, 0.5) is 8.78 Å². The minimum absolute atomic E-state index is 0.134. The lowest BCUT2D eigenvalue weighted by atomic mass is 10.1. The summed E-state index contributed by atoms with van der Waals surface area (Å²) in [5.41, 5.74) is 0. The zero-order valence-corrected chi connectivity index (χ0v) is 10.5. The molecule has 5 nitrogen and oxygen atoms in total. The zero-order chi connectivity index (χ0) is 13.1. The van der Waals surface area contributed by atoms with Gasteiger partial charge in [0.2, 0.25) is 0 Å². The van der Waals surface area contributed by atoms with Crippen molar-refractivity contribution >= 4 is 10.2 Å². The smallest absolute Gasteiger partial charge is 0.279 e. The highest BCUT2D eigenvalue weighted by molar-refractivity contribution is 7.87. The second-order valence-electron chi connectivity index (χ2n) is 4.21. The molecule has 8 heteroatoms. The molecule has 2 unspecified atom stereocenters. The van der Waals surface area contributed by atoms with Crippen LogP contribution in [-0.2, 0) is 10.2 Å².